The molecule has 106 valence electrons. The third-order valence-corrected chi connectivity index (χ3v) is 5.45. The van der Waals surface area contributed by atoms with E-state index in [4.69, 9.17) is 0 Å². The van der Waals surface area contributed by atoms with E-state index in [0.717, 1.165) is 29.6 Å². The molecule has 3 unspecified atom stereocenters. The van der Waals surface area contributed by atoms with Crippen LogP contribution in [0.25, 0.3) is 0 Å². The highest BCUT2D eigenvalue weighted by Crippen LogP contribution is 2.46. The first kappa shape index (κ1) is 14.4. The zero-order chi connectivity index (χ0) is 13.0. The van der Waals surface area contributed by atoms with Gasteiger partial charge in [0.25, 0.3) is 0 Å². The molecule has 1 nitrogen and oxygen atoms in total. The van der Waals surface area contributed by atoms with Gasteiger partial charge in [-0.05, 0) is 55.5 Å². The van der Waals surface area contributed by atoms with Gasteiger partial charge in [-0.3, -0.25) is 0 Å². The van der Waals surface area contributed by atoms with Crippen LogP contribution in [-0.4, -0.2) is 13.1 Å². The summed E-state index contributed by atoms with van der Waals surface area (Å²) in [7, 11) is 0. The number of nitrogens with one attached hydrogen (secondary N) is 1. The van der Waals surface area contributed by atoms with E-state index in [2.05, 4.69) is 26.1 Å². The summed E-state index contributed by atoms with van der Waals surface area (Å²) in [5.74, 6) is 4.95. The molecule has 3 atom stereocenters. The Morgan fingerprint density at radius 2 is 1.89 bits per heavy atom. The van der Waals surface area contributed by atoms with Crippen LogP contribution >= 0.6 is 0 Å². The molecule has 0 aliphatic heterocycles. The average molecular weight is 251 g/mol. The zero-order valence-corrected chi connectivity index (χ0v) is 12.8. The van der Waals surface area contributed by atoms with E-state index in [1.165, 1.54) is 58.0 Å². The molecular formula is C17H33N. The Balaban J connectivity index is 1.82. The molecule has 1 N–H and O–H groups in total. The van der Waals surface area contributed by atoms with Gasteiger partial charge in [-0.1, -0.05) is 52.9 Å². The van der Waals surface area contributed by atoms with Crippen LogP contribution in [0.2, 0.25) is 0 Å². The van der Waals surface area contributed by atoms with Crippen LogP contribution in [0.5, 0.6) is 0 Å². The predicted molar refractivity (Wildman–Crippen MR) is 79.7 cm³/mol. The SMILES string of the molecule is CCC1CCC(CNCC(C)C)C(C2CCC2)C1. The molecule has 2 fully saturated rings. The van der Waals surface area contributed by atoms with Crippen LogP contribution in [-0.2, 0) is 0 Å². The Bertz CT molecular complexity index is 232. The fraction of sp³-hybridized carbons (Fsp3) is 1.00. The highest BCUT2D eigenvalue weighted by molar-refractivity contribution is 4.88. The van der Waals surface area contributed by atoms with Crippen molar-refractivity contribution in [3.8, 4) is 0 Å². The van der Waals surface area contributed by atoms with Crippen molar-refractivity contribution in [1.29, 1.82) is 0 Å². The van der Waals surface area contributed by atoms with Crippen LogP contribution in [0, 0.1) is 29.6 Å². The van der Waals surface area contributed by atoms with Crippen LogP contribution in [0.4, 0.5) is 0 Å². The lowest BCUT2D eigenvalue weighted by Gasteiger charge is -2.44. The van der Waals surface area contributed by atoms with Crippen LogP contribution in [0.1, 0.15) is 65.7 Å². The van der Waals surface area contributed by atoms with Gasteiger partial charge in [0.2, 0.25) is 0 Å². The first-order valence-corrected chi connectivity index (χ1v) is 8.41. The van der Waals surface area contributed by atoms with Crippen LogP contribution in [0.3, 0.4) is 0 Å². The Morgan fingerprint density at radius 3 is 2.44 bits per heavy atom. The molecule has 0 saturated heterocycles. The topological polar surface area (TPSA) is 12.0 Å². The van der Waals surface area contributed by atoms with Gasteiger partial charge in [0.15, 0.2) is 0 Å². The van der Waals surface area contributed by atoms with E-state index < -0.39 is 0 Å². The molecule has 0 bridgehead atoms. The van der Waals surface area contributed by atoms with Crippen molar-refractivity contribution < 1.29 is 0 Å². The van der Waals surface area contributed by atoms with E-state index in [1.54, 1.807) is 0 Å². The summed E-state index contributed by atoms with van der Waals surface area (Å²) in [6, 6.07) is 0. The van der Waals surface area contributed by atoms with E-state index in [9.17, 15) is 0 Å². The van der Waals surface area contributed by atoms with E-state index >= 15 is 0 Å². The molecule has 18 heavy (non-hydrogen) atoms. The molecule has 0 spiro atoms. The van der Waals surface area contributed by atoms with Gasteiger partial charge < -0.3 is 5.32 Å². The molecule has 1 heteroatoms. The van der Waals surface area contributed by atoms with Gasteiger partial charge >= 0.3 is 0 Å². The zero-order valence-electron chi connectivity index (χ0n) is 12.8. The third kappa shape index (κ3) is 3.73. The second-order valence-corrected chi connectivity index (χ2v) is 7.25. The normalized spacial score (nSPS) is 33.7. The minimum atomic E-state index is 0.791. The second kappa shape index (κ2) is 6.93. The van der Waals surface area contributed by atoms with Gasteiger partial charge in [-0.25, -0.2) is 0 Å². The maximum absolute atomic E-state index is 3.72. The fourth-order valence-electron chi connectivity index (χ4n) is 3.99. The highest BCUT2D eigenvalue weighted by Gasteiger charge is 2.37. The van der Waals surface area contributed by atoms with Crippen molar-refractivity contribution in [2.75, 3.05) is 13.1 Å². The Kier molecular flexibility index (Phi) is 5.54. The number of hydrogen-bond acceptors (Lipinski definition) is 1. The van der Waals surface area contributed by atoms with E-state index in [-0.39, 0.29) is 0 Å². The van der Waals surface area contributed by atoms with E-state index in [1.807, 2.05) is 0 Å². The maximum Gasteiger partial charge on any atom is -0.00176 e. The quantitative estimate of drug-likeness (QED) is 0.734. The third-order valence-electron chi connectivity index (χ3n) is 5.45. The Hall–Kier alpha value is -0.0400. The first-order chi connectivity index (χ1) is 8.70. The highest BCUT2D eigenvalue weighted by atomic mass is 14.9. The largest absolute Gasteiger partial charge is 0.316 e. The molecule has 0 aromatic carbocycles. The van der Waals surface area contributed by atoms with Crippen molar-refractivity contribution in [3.05, 3.63) is 0 Å². The monoisotopic (exact) mass is 251 g/mol. The van der Waals surface area contributed by atoms with E-state index in [0.29, 0.717) is 0 Å². The smallest absolute Gasteiger partial charge is 0.00176 e. The van der Waals surface area contributed by atoms with Crippen LogP contribution in [0.15, 0.2) is 0 Å². The Morgan fingerprint density at radius 1 is 1.11 bits per heavy atom. The summed E-state index contributed by atoms with van der Waals surface area (Å²) in [5.41, 5.74) is 0. The molecule has 2 aliphatic carbocycles. The summed E-state index contributed by atoms with van der Waals surface area (Å²) in [6.07, 6.45) is 10.5. The second-order valence-electron chi connectivity index (χ2n) is 7.25. The van der Waals surface area contributed by atoms with Crippen molar-refractivity contribution in [3.63, 3.8) is 0 Å². The molecule has 0 aromatic heterocycles. The lowest BCUT2D eigenvalue weighted by atomic mass is 9.62. The summed E-state index contributed by atoms with van der Waals surface area (Å²) in [6.45, 7) is 9.50. The molecule has 0 heterocycles. The Labute approximate surface area is 114 Å². The molecular weight excluding hydrogens is 218 g/mol. The van der Waals surface area contributed by atoms with Crippen LogP contribution < -0.4 is 5.32 Å². The first-order valence-electron chi connectivity index (χ1n) is 8.41. The minimum Gasteiger partial charge on any atom is -0.316 e. The summed E-state index contributed by atoms with van der Waals surface area (Å²) >= 11 is 0. The minimum absolute atomic E-state index is 0.791. The number of hydrogen-bond donors (Lipinski definition) is 1. The van der Waals surface area contributed by atoms with Gasteiger partial charge in [0.1, 0.15) is 0 Å². The summed E-state index contributed by atoms with van der Waals surface area (Å²) in [4.78, 5) is 0. The molecule has 0 amide bonds. The molecule has 2 rings (SSSR count). The van der Waals surface area contributed by atoms with Crippen molar-refractivity contribution in [2.45, 2.75) is 65.7 Å². The number of rotatable bonds is 6. The van der Waals surface area contributed by atoms with Crippen molar-refractivity contribution in [1.82, 2.24) is 5.32 Å². The lowest BCUT2D eigenvalue weighted by Crippen LogP contribution is -2.39. The van der Waals surface area contributed by atoms with Crippen molar-refractivity contribution in [2.24, 2.45) is 29.6 Å². The lowest BCUT2D eigenvalue weighted by molar-refractivity contribution is 0.0722. The molecule has 2 saturated carbocycles. The van der Waals surface area contributed by atoms with Gasteiger partial charge in [0.05, 0.1) is 0 Å². The summed E-state index contributed by atoms with van der Waals surface area (Å²) < 4.78 is 0. The fourth-order valence-corrected chi connectivity index (χ4v) is 3.99. The standard InChI is InChI=1S/C17H33N/c1-4-14-8-9-16(12-18-11-13(2)3)17(10-14)15-6-5-7-15/h13-18H,4-12H2,1-3H3. The maximum atomic E-state index is 3.72. The predicted octanol–water partition coefficient (Wildman–Crippen LogP) is 4.47. The average Bonchev–Trinajstić information content (AvgIpc) is 2.28. The van der Waals surface area contributed by atoms with Gasteiger partial charge in [-0.15, -0.1) is 0 Å². The molecule has 2 aliphatic rings. The molecule has 0 aromatic rings. The van der Waals surface area contributed by atoms with Gasteiger partial charge in [-0.2, -0.15) is 0 Å². The van der Waals surface area contributed by atoms with Gasteiger partial charge in [0, 0.05) is 0 Å². The molecule has 0 radical (unpaired) electrons. The summed E-state index contributed by atoms with van der Waals surface area (Å²) in [5, 5.41) is 3.72. The van der Waals surface area contributed by atoms with Crippen molar-refractivity contribution >= 4 is 0 Å².